The van der Waals surface area contributed by atoms with Gasteiger partial charge in [-0.05, 0) is 52.6 Å². The Balaban J connectivity index is 1.46. The number of phenolic OH excluding ortho intramolecular Hbond substituents is 1. The van der Waals surface area contributed by atoms with E-state index in [0.717, 1.165) is 19.8 Å². The molecule has 4 aromatic rings. The van der Waals surface area contributed by atoms with Crippen molar-refractivity contribution < 1.29 is 48.4 Å². The smallest absolute Gasteiger partial charge is 0.325 e. The van der Waals surface area contributed by atoms with Crippen molar-refractivity contribution in [2.45, 2.75) is 36.1 Å². The van der Waals surface area contributed by atoms with Gasteiger partial charge < -0.3 is 29.7 Å². The molecule has 12 nitrogen and oxygen atoms in total. The Morgan fingerprint density at radius 2 is 1.47 bits per heavy atom. The van der Waals surface area contributed by atoms with Crippen molar-refractivity contribution in [2.75, 3.05) is 19.5 Å². The number of hydrogen-bond acceptors (Lipinski definition) is 10. The molecule has 2 fully saturated rings. The number of morpholine rings is 1. The van der Waals surface area contributed by atoms with Gasteiger partial charge in [0, 0.05) is 17.7 Å². The van der Waals surface area contributed by atoms with Crippen LogP contribution < -0.4 is 5.32 Å². The molecule has 2 saturated heterocycles. The minimum Gasteiger partial charge on any atom is -0.508 e. The van der Waals surface area contributed by atoms with Crippen LogP contribution >= 0.6 is 0 Å². The predicted octanol–water partition coefficient (Wildman–Crippen LogP) is 4.45. The fraction of sp³-hybridized carbons (Fsp3) is 0.244. The number of carboxylic acids is 1. The lowest BCUT2D eigenvalue weighted by Gasteiger charge is -2.46. The first-order valence-electron chi connectivity index (χ1n) is 16.8. The minimum atomic E-state index is -1.92. The molecular formula is C41H34N2O10. The van der Waals surface area contributed by atoms with E-state index in [2.05, 4.69) is 17.2 Å². The molecule has 0 bridgehead atoms. The Morgan fingerprint density at radius 1 is 0.849 bits per heavy atom. The molecule has 4 aromatic carbocycles. The molecule has 1 spiro atoms. The number of fused-ring (bicyclic) bond motifs is 3. The molecule has 3 N–H and O–H groups in total. The molecule has 53 heavy (non-hydrogen) atoms. The van der Waals surface area contributed by atoms with Gasteiger partial charge in [0.2, 0.25) is 5.91 Å². The molecule has 0 aromatic heterocycles. The van der Waals surface area contributed by atoms with Crippen molar-refractivity contribution in [1.82, 2.24) is 4.90 Å². The Bertz CT molecular complexity index is 2150. The topological polar surface area (TPSA) is 169 Å². The zero-order chi connectivity index (χ0) is 37.4. The van der Waals surface area contributed by atoms with Crippen LogP contribution in [0.5, 0.6) is 5.75 Å². The number of carboxylic acid groups (broad SMARTS) is 1. The quantitative estimate of drug-likeness (QED) is 0.107. The molecule has 12 heteroatoms. The van der Waals surface area contributed by atoms with Crippen molar-refractivity contribution in [3.05, 3.63) is 131 Å². The van der Waals surface area contributed by atoms with Crippen molar-refractivity contribution in [3.63, 3.8) is 0 Å². The Kier molecular flexibility index (Phi) is 9.19. The number of hydrogen-bond donors (Lipinski definition) is 3. The minimum absolute atomic E-state index is 0.0435. The average molecular weight is 715 g/mol. The van der Waals surface area contributed by atoms with E-state index in [0.29, 0.717) is 27.9 Å². The van der Waals surface area contributed by atoms with E-state index in [4.69, 9.17) is 14.2 Å². The summed E-state index contributed by atoms with van der Waals surface area (Å²) in [7, 11) is 2.29. The second-order valence-electron chi connectivity index (χ2n) is 13.0. The summed E-state index contributed by atoms with van der Waals surface area (Å²) in [4.78, 5) is 69.1. The summed E-state index contributed by atoms with van der Waals surface area (Å²) < 4.78 is 15.7. The summed E-state index contributed by atoms with van der Waals surface area (Å²) in [6.07, 6.45) is -1.11. The maximum Gasteiger partial charge on any atom is 0.325 e. The van der Waals surface area contributed by atoms with Gasteiger partial charge in [-0.15, -0.1) is 0 Å². The lowest BCUT2D eigenvalue weighted by atomic mass is 9.65. The zero-order valence-electron chi connectivity index (χ0n) is 28.6. The normalized spacial score (nSPS) is 24.3. The SMILES string of the molecule is COC(=O)C(CC#Cc1ccc2c(c1)[C@]1(C(=O)N2)[C@H](C(=O)O)[C@H]2C(=O)O[C@H](c3ccccc3)[C@H](c3ccccc3)N2[C@@H]1c1ccc(O)cc1)C(=O)OC. The van der Waals surface area contributed by atoms with E-state index >= 15 is 0 Å². The zero-order valence-corrected chi connectivity index (χ0v) is 28.6. The standard InChI is InChI=1S/C41H34N2O10/c1-51-37(47)28(38(48)52-2)15-9-10-23-16-21-30-29(22-23)41(40(50)42-30)31(36(45)46)33-39(49)53-34(25-13-7-4-8-14-25)32(24-11-5-3-6-12-24)43(33)35(41)26-17-19-27(44)20-18-26/h3-8,11-14,16-22,28,31-35,44H,15H2,1-2H3,(H,42,50)(H,45,46)/t31-,32-,33-,34+,35+,41-/m0/s1. The molecule has 0 unspecified atom stereocenters. The third kappa shape index (κ3) is 5.75. The predicted molar refractivity (Wildman–Crippen MR) is 188 cm³/mol. The molecule has 6 atom stereocenters. The van der Waals surface area contributed by atoms with Gasteiger partial charge in [0.15, 0.2) is 5.92 Å². The molecule has 7 rings (SSSR count). The molecule has 3 heterocycles. The van der Waals surface area contributed by atoms with Gasteiger partial charge in [-0.2, -0.15) is 0 Å². The first-order valence-corrected chi connectivity index (χ1v) is 16.8. The maximum atomic E-state index is 14.8. The average Bonchev–Trinajstić information content (AvgIpc) is 3.65. The number of anilines is 1. The number of ether oxygens (including phenoxy) is 3. The molecule has 1 amide bonds. The highest BCUT2D eigenvalue weighted by Crippen LogP contribution is 2.64. The van der Waals surface area contributed by atoms with E-state index in [-0.39, 0.29) is 12.2 Å². The second-order valence-corrected chi connectivity index (χ2v) is 13.0. The van der Waals surface area contributed by atoms with Crippen molar-refractivity contribution in [1.29, 1.82) is 0 Å². The van der Waals surface area contributed by atoms with E-state index in [9.17, 15) is 34.2 Å². The third-order valence-electron chi connectivity index (χ3n) is 10.3. The van der Waals surface area contributed by atoms with Crippen LogP contribution in [0.1, 0.15) is 52.4 Å². The van der Waals surface area contributed by atoms with E-state index in [1.165, 1.54) is 12.1 Å². The van der Waals surface area contributed by atoms with Crippen LogP contribution in [0.25, 0.3) is 0 Å². The number of aromatic hydroxyl groups is 1. The highest BCUT2D eigenvalue weighted by atomic mass is 16.6. The highest BCUT2D eigenvalue weighted by Gasteiger charge is 2.74. The lowest BCUT2D eigenvalue weighted by molar-refractivity contribution is -0.179. The molecular weight excluding hydrogens is 680 g/mol. The Morgan fingerprint density at radius 3 is 2.08 bits per heavy atom. The molecule has 0 radical (unpaired) electrons. The van der Waals surface area contributed by atoms with Crippen LogP contribution in [0, 0.1) is 23.7 Å². The summed E-state index contributed by atoms with van der Waals surface area (Å²) in [5.74, 6) is -1.68. The van der Waals surface area contributed by atoms with E-state index in [1.54, 1.807) is 35.2 Å². The van der Waals surface area contributed by atoms with E-state index < -0.39 is 71.3 Å². The summed E-state index contributed by atoms with van der Waals surface area (Å²) in [5.41, 5.74) is 0.959. The number of rotatable bonds is 7. The van der Waals surface area contributed by atoms with Gasteiger partial charge in [-0.25, -0.2) is 0 Å². The molecule has 268 valence electrons. The Labute approximate surface area is 304 Å². The number of cyclic esters (lactones) is 1. The maximum absolute atomic E-state index is 14.8. The number of nitrogens with one attached hydrogen (secondary N) is 1. The van der Waals surface area contributed by atoms with E-state index in [1.807, 2.05) is 60.7 Å². The number of carbonyl (C=O) groups is 5. The fourth-order valence-corrected chi connectivity index (χ4v) is 8.11. The van der Waals surface area contributed by atoms with Crippen LogP contribution in [0.15, 0.2) is 103 Å². The number of carbonyl (C=O) groups excluding carboxylic acids is 4. The number of phenols is 1. The third-order valence-corrected chi connectivity index (χ3v) is 10.3. The number of esters is 3. The van der Waals surface area contributed by atoms with Gasteiger partial charge in [0.05, 0.1) is 26.3 Å². The summed E-state index contributed by atoms with van der Waals surface area (Å²) in [5, 5.41) is 24.4. The first-order chi connectivity index (χ1) is 25.6. The molecule has 3 aliphatic rings. The summed E-state index contributed by atoms with van der Waals surface area (Å²) >= 11 is 0. The summed E-state index contributed by atoms with van der Waals surface area (Å²) in [6, 6.07) is 26.1. The van der Waals surface area contributed by atoms with Gasteiger partial charge in [0.1, 0.15) is 29.2 Å². The van der Waals surface area contributed by atoms with Crippen LogP contribution in [0.2, 0.25) is 0 Å². The van der Waals surface area contributed by atoms with Crippen LogP contribution in [0.4, 0.5) is 5.69 Å². The number of benzene rings is 4. The molecule has 0 aliphatic carbocycles. The monoisotopic (exact) mass is 714 g/mol. The molecule has 3 aliphatic heterocycles. The second kappa shape index (κ2) is 13.9. The van der Waals surface area contributed by atoms with Gasteiger partial charge in [-0.3, -0.25) is 28.9 Å². The largest absolute Gasteiger partial charge is 0.508 e. The van der Waals surface area contributed by atoms with Crippen molar-refractivity contribution in [3.8, 4) is 17.6 Å². The van der Waals surface area contributed by atoms with Crippen LogP contribution in [-0.4, -0.2) is 65.2 Å². The molecule has 0 saturated carbocycles. The van der Waals surface area contributed by atoms with Gasteiger partial charge in [0.25, 0.3) is 0 Å². The number of methoxy groups -OCH3 is 2. The number of nitrogens with zero attached hydrogens (tertiary/aromatic N) is 1. The number of aliphatic carboxylic acids is 1. The van der Waals surface area contributed by atoms with Crippen molar-refractivity contribution in [2.24, 2.45) is 11.8 Å². The summed E-state index contributed by atoms with van der Waals surface area (Å²) in [6.45, 7) is 0. The van der Waals surface area contributed by atoms with Crippen LogP contribution in [0.3, 0.4) is 0 Å². The first kappa shape index (κ1) is 35.0. The highest BCUT2D eigenvalue weighted by molar-refractivity contribution is 6.11. The fourth-order valence-electron chi connectivity index (χ4n) is 8.11. The number of amides is 1. The van der Waals surface area contributed by atoms with Crippen molar-refractivity contribution >= 4 is 35.5 Å². The Hall–Kier alpha value is -6.45. The van der Waals surface area contributed by atoms with Gasteiger partial charge >= 0.3 is 23.9 Å². The lowest BCUT2D eigenvalue weighted by Crippen LogP contribution is -2.52. The van der Waals surface area contributed by atoms with Gasteiger partial charge in [-0.1, -0.05) is 84.6 Å². The van der Waals surface area contributed by atoms with Crippen LogP contribution in [-0.2, 0) is 43.6 Å².